The highest BCUT2D eigenvalue weighted by Crippen LogP contribution is 2.19. The third-order valence-electron chi connectivity index (χ3n) is 3.69. The molecule has 0 amide bonds. The molecule has 0 aliphatic heterocycles. The summed E-state index contributed by atoms with van der Waals surface area (Å²) in [5, 5.41) is 2.74. The third kappa shape index (κ3) is 5.12. The van der Waals surface area contributed by atoms with Gasteiger partial charge in [-0.3, -0.25) is 4.79 Å². The maximum atomic E-state index is 13.9. The molecule has 0 radical (unpaired) electrons. The Morgan fingerprint density at radius 2 is 1.68 bits per heavy atom. The van der Waals surface area contributed by atoms with Crippen LogP contribution in [0, 0.1) is 17.5 Å². The molecule has 8 heteroatoms. The molecule has 0 heterocycles. The Labute approximate surface area is 159 Å². The van der Waals surface area contributed by atoms with Crippen LogP contribution in [0.15, 0.2) is 48.2 Å². The molecule has 0 aliphatic carbocycles. The van der Waals surface area contributed by atoms with Crippen LogP contribution in [-0.4, -0.2) is 25.5 Å². The number of ether oxygens (including phenoxy) is 2. The number of hydrogen-bond acceptors (Lipinski definition) is 5. The normalized spacial score (nSPS) is 11.1. The van der Waals surface area contributed by atoms with Crippen LogP contribution in [0.4, 0.5) is 13.2 Å². The standard InChI is InChI=1S/C20H18F3NO4/c1-3-28-20(26)15(11-24-10-12-4-6-14(27-2)7-5-12)19(25)18-16(22)8-13(21)9-17(18)23/h4-9,11,24H,3,10H2,1-2H3/b15-11+. The quantitative estimate of drug-likeness (QED) is 0.244. The molecule has 0 atom stereocenters. The number of rotatable bonds is 8. The molecule has 2 aromatic carbocycles. The zero-order valence-corrected chi connectivity index (χ0v) is 15.2. The van der Waals surface area contributed by atoms with Crippen LogP contribution in [0.2, 0.25) is 0 Å². The van der Waals surface area contributed by atoms with Gasteiger partial charge in [0.15, 0.2) is 0 Å². The molecule has 0 bridgehead atoms. The first kappa shape index (κ1) is 21.0. The molecule has 0 aromatic heterocycles. The number of Topliss-reactive ketones (excluding diaryl/α,β-unsaturated/α-hetero) is 1. The zero-order valence-electron chi connectivity index (χ0n) is 15.2. The lowest BCUT2D eigenvalue weighted by Crippen LogP contribution is -2.21. The minimum absolute atomic E-state index is 0.0453. The van der Waals surface area contributed by atoms with E-state index in [0.29, 0.717) is 17.9 Å². The number of benzene rings is 2. The van der Waals surface area contributed by atoms with E-state index in [1.807, 2.05) is 0 Å². The summed E-state index contributed by atoms with van der Waals surface area (Å²) < 4.78 is 50.7. The van der Waals surface area contributed by atoms with Gasteiger partial charge in [0, 0.05) is 24.9 Å². The van der Waals surface area contributed by atoms with E-state index in [-0.39, 0.29) is 13.2 Å². The molecular formula is C20H18F3NO4. The van der Waals surface area contributed by atoms with Crippen LogP contribution in [0.3, 0.4) is 0 Å². The van der Waals surface area contributed by atoms with Crippen molar-refractivity contribution in [3.05, 3.63) is 76.7 Å². The van der Waals surface area contributed by atoms with E-state index in [4.69, 9.17) is 9.47 Å². The fourth-order valence-corrected chi connectivity index (χ4v) is 2.33. The second-order valence-corrected chi connectivity index (χ2v) is 5.58. The average Bonchev–Trinajstić information content (AvgIpc) is 2.65. The average molecular weight is 393 g/mol. The van der Waals surface area contributed by atoms with Gasteiger partial charge in [0.2, 0.25) is 5.78 Å². The number of hydrogen-bond donors (Lipinski definition) is 1. The number of nitrogens with one attached hydrogen (secondary N) is 1. The second-order valence-electron chi connectivity index (χ2n) is 5.58. The van der Waals surface area contributed by atoms with Crippen molar-refractivity contribution < 1.29 is 32.2 Å². The molecule has 0 saturated heterocycles. The maximum absolute atomic E-state index is 13.9. The summed E-state index contributed by atoms with van der Waals surface area (Å²) in [5.74, 6) is -5.65. The lowest BCUT2D eigenvalue weighted by Gasteiger charge is -2.10. The zero-order chi connectivity index (χ0) is 20.7. The molecule has 148 valence electrons. The van der Waals surface area contributed by atoms with E-state index in [1.54, 1.807) is 24.3 Å². The second kappa shape index (κ2) is 9.59. The number of halogens is 3. The Morgan fingerprint density at radius 1 is 1.07 bits per heavy atom. The first-order valence-electron chi connectivity index (χ1n) is 8.30. The van der Waals surface area contributed by atoms with Crippen LogP contribution < -0.4 is 10.1 Å². The van der Waals surface area contributed by atoms with Crippen molar-refractivity contribution >= 4 is 11.8 Å². The Balaban J connectivity index is 2.27. The monoisotopic (exact) mass is 393 g/mol. The van der Waals surface area contributed by atoms with E-state index in [9.17, 15) is 22.8 Å². The van der Waals surface area contributed by atoms with E-state index in [2.05, 4.69) is 5.32 Å². The van der Waals surface area contributed by atoms with Gasteiger partial charge >= 0.3 is 5.97 Å². The molecule has 0 saturated carbocycles. The number of carbonyl (C=O) groups is 2. The van der Waals surface area contributed by atoms with Gasteiger partial charge in [-0.2, -0.15) is 0 Å². The largest absolute Gasteiger partial charge is 0.497 e. The maximum Gasteiger partial charge on any atom is 0.343 e. The highest BCUT2D eigenvalue weighted by Gasteiger charge is 2.27. The van der Waals surface area contributed by atoms with Crippen molar-refractivity contribution in [2.75, 3.05) is 13.7 Å². The summed E-state index contributed by atoms with van der Waals surface area (Å²) in [5.41, 5.74) is -0.849. The Hall–Kier alpha value is -3.29. The summed E-state index contributed by atoms with van der Waals surface area (Å²) in [6, 6.07) is 7.69. The van der Waals surface area contributed by atoms with Crippen molar-refractivity contribution in [1.29, 1.82) is 0 Å². The number of carbonyl (C=O) groups excluding carboxylic acids is 2. The lowest BCUT2D eigenvalue weighted by molar-refractivity contribution is -0.138. The van der Waals surface area contributed by atoms with Crippen LogP contribution in [0.1, 0.15) is 22.8 Å². The van der Waals surface area contributed by atoms with E-state index in [1.165, 1.54) is 14.0 Å². The molecule has 28 heavy (non-hydrogen) atoms. The fourth-order valence-electron chi connectivity index (χ4n) is 2.33. The van der Waals surface area contributed by atoms with Crippen LogP contribution in [-0.2, 0) is 16.1 Å². The highest BCUT2D eigenvalue weighted by molar-refractivity contribution is 6.24. The molecule has 0 aliphatic rings. The molecule has 0 fully saturated rings. The number of esters is 1. The predicted octanol–water partition coefficient (Wildman–Crippen LogP) is 3.53. The summed E-state index contributed by atoms with van der Waals surface area (Å²) in [7, 11) is 1.53. The van der Waals surface area contributed by atoms with Gasteiger partial charge in [-0.25, -0.2) is 18.0 Å². The van der Waals surface area contributed by atoms with Gasteiger partial charge in [0.25, 0.3) is 0 Å². The highest BCUT2D eigenvalue weighted by atomic mass is 19.1. The first-order chi connectivity index (χ1) is 13.4. The van der Waals surface area contributed by atoms with Crippen LogP contribution in [0.25, 0.3) is 0 Å². The molecule has 2 rings (SSSR count). The minimum Gasteiger partial charge on any atom is -0.497 e. The summed E-state index contributed by atoms with van der Waals surface area (Å²) in [6.07, 6.45) is 1.02. The molecular weight excluding hydrogens is 375 g/mol. The van der Waals surface area contributed by atoms with Crippen molar-refractivity contribution in [2.45, 2.75) is 13.5 Å². The van der Waals surface area contributed by atoms with Gasteiger partial charge in [-0.05, 0) is 24.6 Å². The molecule has 0 spiro atoms. The van der Waals surface area contributed by atoms with Gasteiger partial charge in [0.05, 0.1) is 19.3 Å². The van der Waals surface area contributed by atoms with Crippen molar-refractivity contribution in [2.24, 2.45) is 0 Å². The molecule has 2 aromatic rings. The van der Waals surface area contributed by atoms with Crippen molar-refractivity contribution in [1.82, 2.24) is 5.32 Å². The minimum atomic E-state index is -1.41. The van der Waals surface area contributed by atoms with Gasteiger partial charge in [-0.1, -0.05) is 12.1 Å². The molecule has 0 unspecified atom stereocenters. The smallest absolute Gasteiger partial charge is 0.343 e. The van der Waals surface area contributed by atoms with Crippen molar-refractivity contribution in [3.8, 4) is 5.75 Å². The third-order valence-corrected chi connectivity index (χ3v) is 3.69. The van der Waals surface area contributed by atoms with Crippen molar-refractivity contribution in [3.63, 3.8) is 0 Å². The first-order valence-corrected chi connectivity index (χ1v) is 8.30. The number of methoxy groups -OCH3 is 1. The van der Waals surface area contributed by atoms with E-state index >= 15 is 0 Å². The molecule has 1 N–H and O–H groups in total. The van der Waals surface area contributed by atoms with Gasteiger partial charge in [0.1, 0.15) is 28.8 Å². The number of ketones is 1. The SMILES string of the molecule is CCOC(=O)/C(=C/NCc1ccc(OC)cc1)C(=O)c1c(F)cc(F)cc1F. The van der Waals surface area contributed by atoms with Crippen LogP contribution in [0.5, 0.6) is 5.75 Å². The summed E-state index contributed by atoms with van der Waals surface area (Å²) in [6.45, 7) is 1.69. The Kier molecular flexibility index (Phi) is 7.20. The fraction of sp³-hybridized carbons (Fsp3) is 0.200. The molecule has 5 nitrogen and oxygen atoms in total. The topological polar surface area (TPSA) is 64.6 Å². The Morgan fingerprint density at radius 3 is 2.21 bits per heavy atom. The summed E-state index contributed by atoms with van der Waals surface area (Å²) >= 11 is 0. The van der Waals surface area contributed by atoms with Gasteiger partial charge in [-0.15, -0.1) is 0 Å². The Bertz CT molecular complexity index is 872. The summed E-state index contributed by atoms with van der Waals surface area (Å²) in [4.78, 5) is 24.6. The van der Waals surface area contributed by atoms with E-state index in [0.717, 1.165) is 11.8 Å². The van der Waals surface area contributed by atoms with E-state index < -0.39 is 40.3 Å². The van der Waals surface area contributed by atoms with Gasteiger partial charge < -0.3 is 14.8 Å². The lowest BCUT2D eigenvalue weighted by atomic mass is 10.0. The van der Waals surface area contributed by atoms with Crippen LogP contribution >= 0.6 is 0 Å². The predicted molar refractivity (Wildman–Crippen MR) is 95.2 cm³/mol.